The van der Waals surface area contributed by atoms with Gasteiger partial charge in [0.2, 0.25) is 6.41 Å². The van der Waals surface area contributed by atoms with Gasteiger partial charge in [-0.25, -0.2) is 14.5 Å². The lowest BCUT2D eigenvalue weighted by atomic mass is 10.0. The van der Waals surface area contributed by atoms with Crippen molar-refractivity contribution in [3.63, 3.8) is 0 Å². The molecule has 4 heterocycles. The number of nitrogens with one attached hydrogen (secondary N) is 2. The minimum Gasteiger partial charge on any atom is -0.488 e. The zero-order valence-electron chi connectivity index (χ0n) is 18.6. The van der Waals surface area contributed by atoms with Crippen molar-refractivity contribution in [3.05, 3.63) is 38.2 Å². The van der Waals surface area contributed by atoms with Crippen LogP contribution >= 0.6 is 46.5 Å². The molecule has 4 N–H and O–H groups in total. The molecule has 194 valence electrons. The number of aromatic nitrogens is 4. The normalized spacial score (nSPS) is 19.2. The molecule has 2 aliphatic heterocycles. The lowest BCUT2D eigenvalue weighted by molar-refractivity contribution is -0.150. The fraction of sp³-hybridized carbons (Fsp3) is 0.263. The molecule has 0 spiro atoms. The topological polar surface area (TPSA) is 197 Å². The van der Waals surface area contributed by atoms with Crippen molar-refractivity contribution >= 4 is 81.4 Å². The monoisotopic (exact) mass is 585 g/mol. The Morgan fingerprint density at radius 3 is 2.78 bits per heavy atom. The number of rotatable bonds is 9. The summed E-state index contributed by atoms with van der Waals surface area (Å²) in [5.41, 5.74) is 0.455. The first kappa shape index (κ1) is 26.6. The highest BCUT2D eigenvalue weighted by molar-refractivity contribution is 8.01. The number of hydrogen-bond donors (Lipinski definition) is 4. The molecule has 0 aliphatic carbocycles. The molecule has 0 saturated carbocycles. The largest absolute Gasteiger partial charge is 0.488 e. The Kier molecular flexibility index (Phi) is 7.86. The molecule has 0 aromatic carbocycles. The zero-order valence-corrected chi connectivity index (χ0v) is 21.8. The third-order valence-electron chi connectivity index (χ3n) is 5.14. The number of carbonyl (C=O) groups excluding carboxylic acids is 3. The Balaban J connectivity index is 1.48. The van der Waals surface area contributed by atoms with Crippen molar-refractivity contribution in [2.75, 3.05) is 16.8 Å². The molecule has 1 fully saturated rings. The number of anilines is 1. The third kappa shape index (κ3) is 5.20. The van der Waals surface area contributed by atoms with Gasteiger partial charge in [0.05, 0.1) is 11.3 Å². The summed E-state index contributed by atoms with van der Waals surface area (Å²) in [6, 6.07) is -0.998. The summed E-state index contributed by atoms with van der Waals surface area (Å²) in [6.07, 6.45) is 0.439. The van der Waals surface area contributed by atoms with E-state index < -0.39 is 40.6 Å². The second-order valence-corrected chi connectivity index (χ2v) is 10.5. The number of carboxylic acids is 1. The maximum absolute atomic E-state index is 12.9. The number of aliphatic carboxylic acids is 1. The smallest absolute Gasteiger partial charge is 0.352 e. The molecule has 1 unspecified atom stereocenters. The first-order valence-corrected chi connectivity index (χ1v) is 13.5. The standard InChI is InChI=1S/C19H16ClN7O7S3/c1-26-19(24-13(30)14(31)25-26)37-4-7-3-35-16-10(15(32)27(16)11(7)17(33)34)23-12(29)8(2-20)9-5-36-18(22-9)21-6-28/h2,5-6,10,16H,3-4H2,1H3,(H,23,29)(H,25,31)(H,33,34)(H,21,22,28)/t10?,16-/m0/s1. The molecule has 4 rings (SSSR count). The van der Waals surface area contributed by atoms with Crippen molar-refractivity contribution < 1.29 is 29.4 Å². The van der Waals surface area contributed by atoms with Crippen LogP contribution in [0.4, 0.5) is 5.13 Å². The molecule has 37 heavy (non-hydrogen) atoms. The van der Waals surface area contributed by atoms with E-state index in [0.717, 1.165) is 33.5 Å². The SMILES string of the molecule is Cn1nc(O)c(=O)nc1SCC1=C(C(=O)O)N2C(=O)C(NC(=O)C(=CCl)c3csc(NC=O)n3)[C@@H]2SC1. The number of fused-ring (bicyclic) bond motifs is 1. The summed E-state index contributed by atoms with van der Waals surface area (Å²) >= 11 is 9.19. The van der Waals surface area contributed by atoms with Crippen LogP contribution in [-0.2, 0) is 26.2 Å². The number of thiazole rings is 1. The highest BCUT2D eigenvalue weighted by Gasteiger charge is 2.54. The van der Waals surface area contributed by atoms with Gasteiger partial charge < -0.3 is 20.8 Å². The number of hydrogen-bond acceptors (Lipinski definition) is 12. The van der Waals surface area contributed by atoms with E-state index in [0.29, 0.717) is 12.0 Å². The van der Waals surface area contributed by atoms with Gasteiger partial charge in [0, 0.05) is 29.5 Å². The van der Waals surface area contributed by atoms with Gasteiger partial charge in [-0.15, -0.1) is 28.2 Å². The van der Waals surface area contributed by atoms with Crippen LogP contribution < -0.4 is 16.2 Å². The van der Waals surface area contributed by atoms with Crippen molar-refractivity contribution in [1.82, 2.24) is 30.0 Å². The number of halogens is 1. The maximum atomic E-state index is 12.9. The number of carboxylic acid groups (broad SMARTS) is 1. The van der Waals surface area contributed by atoms with E-state index in [2.05, 4.69) is 25.7 Å². The van der Waals surface area contributed by atoms with Crippen LogP contribution in [0.2, 0.25) is 0 Å². The predicted molar refractivity (Wildman–Crippen MR) is 135 cm³/mol. The molecule has 18 heteroatoms. The zero-order chi connectivity index (χ0) is 26.9. The quantitative estimate of drug-likeness (QED) is 0.133. The minimum atomic E-state index is -1.32. The van der Waals surface area contributed by atoms with Crippen LogP contribution in [0.25, 0.3) is 5.57 Å². The van der Waals surface area contributed by atoms with Gasteiger partial charge in [-0.1, -0.05) is 23.4 Å². The first-order chi connectivity index (χ1) is 17.7. The first-order valence-electron chi connectivity index (χ1n) is 10.1. The van der Waals surface area contributed by atoms with Crippen LogP contribution in [0.3, 0.4) is 0 Å². The average Bonchev–Trinajstić information content (AvgIpc) is 3.31. The lowest BCUT2D eigenvalue weighted by Crippen LogP contribution is -2.70. The predicted octanol–water partition coefficient (Wildman–Crippen LogP) is 0.0163. The molecule has 2 atom stereocenters. The molecule has 2 aliphatic rings. The Bertz CT molecular complexity index is 1420. The second-order valence-electron chi connectivity index (χ2n) is 7.38. The molecular weight excluding hydrogens is 570 g/mol. The Labute approximate surface area is 224 Å². The fourth-order valence-corrected chi connectivity index (χ4v) is 6.74. The average molecular weight is 586 g/mol. The lowest BCUT2D eigenvalue weighted by Gasteiger charge is -2.49. The van der Waals surface area contributed by atoms with Crippen LogP contribution in [0.5, 0.6) is 5.88 Å². The van der Waals surface area contributed by atoms with Crippen LogP contribution in [0.1, 0.15) is 5.69 Å². The van der Waals surface area contributed by atoms with Gasteiger partial charge >= 0.3 is 11.5 Å². The molecule has 0 bridgehead atoms. The summed E-state index contributed by atoms with van der Waals surface area (Å²) in [5, 5.41) is 29.0. The van der Waals surface area contributed by atoms with Gasteiger partial charge in [0.1, 0.15) is 17.1 Å². The van der Waals surface area contributed by atoms with Gasteiger partial charge in [0.25, 0.3) is 17.7 Å². The molecule has 3 amide bonds. The minimum absolute atomic E-state index is 0.0318. The van der Waals surface area contributed by atoms with Crippen LogP contribution in [0, 0.1) is 0 Å². The van der Waals surface area contributed by atoms with Crippen LogP contribution in [0.15, 0.2) is 32.1 Å². The van der Waals surface area contributed by atoms with Crippen molar-refractivity contribution in [2.24, 2.45) is 7.05 Å². The van der Waals surface area contributed by atoms with E-state index in [9.17, 15) is 34.2 Å². The summed E-state index contributed by atoms with van der Waals surface area (Å²) < 4.78 is 1.18. The van der Waals surface area contributed by atoms with E-state index in [1.807, 2.05) is 0 Å². The van der Waals surface area contributed by atoms with E-state index in [4.69, 9.17) is 11.6 Å². The summed E-state index contributed by atoms with van der Waals surface area (Å²) in [7, 11) is 1.47. The van der Waals surface area contributed by atoms with E-state index in [1.54, 1.807) is 0 Å². The number of aromatic hydroxyl groups is 1. The Morgan fingerprint density at radius 2 is 2.11 bits per heavy atom. The summed E-state index contributed by atoms with van der Waals surface area (Å²) in [5.74, 6) is -3.05. The number of thioether (sulfide) groups is 2. The van der Waals surface area contributed by atoms with E-state index in [1.165, 1.54) is 28.9 Å². The second kappa shape index (κ2) is 10.9. The van der Waals surface area contributed by atoms with E-state index in [-0.39, 0.29) is 38.8 Å². The van der Waals surface area contributed by atoms with Gasteiger partial charge in [-0.2, -0.15) is 4.98 Å². The number of aryl methyl sites for hydroxylation is 1. The molecule has 14 nitrogen and oxygen atoms in total. The van der Waals surface area contributed by atoms with Crippen LogP contribution in [-0.4, -0.2) is 82.0 Å². The highest BCUT2D eigenvalue weighted by atomic mass is 35.5. The van der Waals surface area contributed by atoms with Gasteiger partial charge in [-0.05, 0) is 5.57 Å². The Hall–Kier alpha value is -3.41. The third-order valence-corrected chi connectivity index (χ3v) is 8.58. The van der Waals surface area contributed by atoms with Crippen molar-refractivity contribution in [2.45, 2.75) is 16.6 Å². The van der Waals surface area contributed by atoms with Crippen molar-refractivity contribution in [1.29, 1.82) is 0 Å². The molecule has 2 aromatic heterocycles. The van der Waals surface area contributed by atoms with E-state index >= 15 is 0 Å². The van der Waals surface area contributed by atoms with Crippen molar-refractivity contribution in [3.8, 4) is 5.88 Å². The molecule has 2 aromatic rings. The molecule has 1 saturated heterocycles. The summed E-state index contributed by atoms with van der Waals surface area (Å²) in [6.45, 7) is 0. The number of β-lactam (4-membered cyclic amide) rings is 1. The number of nitrogens with zero attached hydrogens (tertiary/aromatic N) is 5. The van der Waals surface area contributed by atoms with Gasteiger partial charge in [0.15, 0.2) is 10.3 Å². The maximum Gasteiger partial charge on any atom is 0.352 e. The fourth-order valence-electron chi connectivity index (χ4n) is 3.46. The highest BCUT2D eigenvalue weighted by Crippen LogP contribution is 2.41. The van der Waals surface area contributed by atoms with Gasteiger partial charge in [-0.3, -0.25) is 24.1 Å². The molecule has 0 radical (unpaired) electrons. The molecular formula is C19H16ClN7O7S3. The number of carbonyl (C=O) groups is 4. The Morgan fingerprint density at radius 1 is 1.35 bits per heavy atom. The number of amides is 3. The summed E-state index contributed by atoms with van der Waals surface area (Å²) in [4.78, 5) is 68.9.